The second-order valence-electron chi connectivity index (χ2n) is 4.06. The minimum atomic E-state index is -0.677. The highest BCUT2D eigenvalue weighted by molar-refractivity contribution is 9.10. The molecule has 0 amide bonds. The number of benzene rings is 1. The number of hydrogen-bond donors (Lipinski definition) is 2. The van der Waals surface area contributed by atoms with Gasteiger partial charge < -0.3 is 14.9 Å². The van der Waals surface area contributed by atoms with Gasteiger partial charge in [0.15, 0.2) is 0 Å². The maximum absolute atomic E-state index is 9.55. The van der Waals surface area contributed by atoms with E-state index in [9.17, 15) is 5.11 Å². The number of hydrogen-bond acceptors (Lipinski definition) is 3. The fourth-order valence-electron chi connectivity index (χ4n) is 1.94. The minimum Gasteiger partial charge on any atom is -0.496 e. The van der Waals surface area contributed by atoms with Crippen molar-refractivity contribution in [3.8, 4) is 5.75 Å². The lowest BCUT2D eigenvalue weighted by Gasteiger charge is -2.20. The Balaban J connectivity index is 2.97. The molecule has 0 bridgehead atoms. The highest BCUT2D eigenvalue weighted by Crippen LogP contribution is 2.34. The van der Waals surface area contributed by atoms with Crippen LogP contribution in [0, 0.1) is 0 Å². The lowest BCUT2D eigenvalue weighted by atomic mass is 9.90. The van der Waals surface area contributed by atoms with Gasteiger partial charge in [-0.3, -0.25) is 0 Å². The molecular formula is C13H19BrO3. The maximum atomic E-state index is 9.55. The first-order valence-corrected chi connectivity index (χ1v) is 6.54. The van der Waals surface area contributed by atoms with Crippen LogP contribution in [0.15, 0.2) is 22.7 Å². The first kappa shape index (κ1) is 14.5. The van der Waals surface area contributed by atoms with E-state index in [-0.39, 0.29) is 12.5 Å². The smallest absolute Gasteiger partial charge is 0.122 e. The van der Waals surface area contributed by atoms with E-state index in [1.165, 1.54) is 0 Å². The highest BCUT2D eigenvalue weighted by atomic mass is 79.9. The summed E-state index contributed by atoms with van der Waals surface area (Å²) < 4.78 is 6.32. The Labute approximate surface area is 111 Å². The Bertz CT molecular complexity index is 355. The number of rotatable bonds is 6. The number of aliphatic hydroxyl groups excluding tert-OH is 2. The molecule has 96 valence electrons. The molecule has 1 aromatic carbocycles. The maximum Gasteiger partial charge on any atom is 0.122 e. The van der Waals surface area contributed by atoms with Crippen LogP contribution < -0.4 is 4.74 Å². The van der Waals surface area contributed by atoms with Crippen molar-refractivity contribution in [1.82, 2.24) is 0 Å². The van der Waals surface area contributed by atoms with Gasteiger partial charge in [0.25, 0.3) is 0 Å². The zero-order valence-electron chi connectivity index (χ0n) is 10.2. The van der Waals surface area contributed by atoms with Crippen molar-refractivity contribution in [3.63, 3.8) is 0 Å². The number of methoxy groups -OCH3 is 1. The van der Waals surface area contributed by atoms with Gasteiger partial charge in [-0.15, -0.1) is 0 Å². The molecule has 2 N–H and O–H groups in total. The molecule has 0 radical (unpaired) electrons. The van der Waals surface area contributed by atoms with E-state index in [2.05, 4.69) is 22.9 Å². The molecule has 0 saturated carbocycles. The van der Waals surface area contributed by atoms with E-state index in [0.29, 0.717) is 6.42 Å². The number of ether oxygens (including phenoxy) is 1. The topological polar surface area (TPSA) is 49.7 Å². The molecule has 0 fully saturated rings. The van der Waals surface area contributed by atoms with Gasteiger partial charge in [0.05, 0.1) is 19.8 Å². The predicted molar refractivity (Wildman–Crippen MR) is 71.4 cm³/mol. The summed E-state index contributed by atoms with van der Waals surface area (Å²) in [6.07, 6.45) is 0.757. The van der Waals surface area contributed by atoms with Crippen molar-refractivity contribution < 1.29 is 14.9 Å². The summed E-state index contributed by atoms with van der Waals surface area (Å²) in [5.74, 6) is 1.01. The molecule has 0 spiro atoms. The van der Waals surface area contributed by atoms with E-state index in [1.807, 2.05) is 18.2 Å². The van der Waals surface area contributed by atoms with Crippen LogP contribution in [0.3, 0.4) is 0 Å². The molecule has 1 rings (SSSR count). The molecule has 2 unspecified atom stereocenters. The molecule has 17 heavy (non-hydrogen) atoms. The van der Waals surface area contributed by atoms with Crippen LogP contribution in [0.5, 0.6) is 5.75 Å². The van der Waals surface area contributed by atoms with E-state index in [1.54, 1.807) is 7.11 Å². The minimum absolute atomic E-state index is 0.185. The SMILES string of the molecule is CCC(CC(O)CO)c1cc(Br)ccc1OC. The third-order valence-corrected chi connectivity index (χ3v) is 3.38. The molecule has 3 nitrogen and oxygen atoms in total. The fourth-order valence-corrected chi connectivity index (χ4v) is 2.32. The summed E-state index contributed by atoms with van der Waals surface area (Å²) in [5, 5.41) is 18.5. The largest absolute Gasteiger partial charge is 0.496 e. The molecule has 0 aliphatic rings. The Morgan fingerprint density at radius 2 is 2.12 bits per heavy atom. The molecular weight excluding hydrogens is 284 g/mol. The van der Waals surface area contributed by atoms with Crippen molar-refractivity contribution in [2.45, 2.75) is 31.8 Å². The van der Waals surface area contributed by atoms with Crippen molar-refractivity contribution in [1.29, 1.82) is 0 Å². The van der Waals surface area contributed by atoms with E-state index < -0.39 is 6.10 Å². The second kappa shape index (κ2) is 6.99. The van der Waals surface area contributed by atoms with Gasteiger partial charge >= 0.3 is 0 Å². The molecule has 0 aliphatic carbocycles. The standard InChI is InChI=1S/C13H19BrO3/c1-3-9(6-11(16)8-15)12-7-10(14)4-5-13(12)17-2/h4-5,7,9,11,15-16H,3,6,8H2,1-2H3. The summed E-state index contributed by atoms with van der Waals surface area (Å²) in [5.41, 5.74) is 1.07. The van der Waals surface area contributed by atoms with Crippen LogP contribution in [0.25, 0.3) is 0 Å². The van der Waals surface area contributed by atoms with Gasteiger partial charge in [0, 0.05) is 4.47 Å². The molecule has 0 saturated heterocycles. The van der Waals surface area contributed by atoms with Crippen LogP contribution in [-0.2, 0) is 0 Å². The Morgan fingerprint density at radius 1 is 1.41 bits per heavy atom. The van der Waals surface area contributed by atoms with Gasteiger partial charge in [0.1, 0.15) is 5.75 Å². The molecule has 2 atom stereocenters. The number of halogens is 1. The Hall–Kier alpha value is -0.580. The molecule has 0 heterocycles. The normalized spacial score (nSPS) is 14.4. The first-order chi connectivity index (χ1) is 8.12. The quantitative estimate of drug-likeness (QED) is 0.849. The average Bonchev–Trinajstić information content (AvgIpc) is 2.35. The predicted octanol–water partition coefficient (Wildman–Crippen LogP) is 2.69. The van der Waals surface area contributed by atoms with Crippen LogP contribution >= 0.6 is 15.9 Å². The van der Waals surface area contributed by atoms with Crippen LogP contribution in [0.2, 0.25) is 0 Å². The van der Waals surface area contributed by atoms with Crippen molar-refractivity contribution in [2.75, 3.05) is 13.7 Å². The highest BCUT2D eigenvalue weighted by Gasteiger charge is 2.18. The zero-order valence-corrected chi connectivity index (χ0v) is 11.8. The van der Waals surface area contributed by atoms with Gasteiger partial charge in [0.2, 0.25) is 0 Å². The van der Waals surface area contributed by atoms with Crippen LogP contribution in [0.1, 0.15) is 31.2 Å². The van der Waals surface area contributed by atoms with E-state index in [4.69, 9.17) is 9.84 Å². The lowest BCUT2D eigenvalue weighted by molar-refractivity contribution is 0.0815. The molecule has 0 aliphatic heterocycles. The van der Waals surface area contributed by atoms with Crippen molar-refractivity contribution in [2.24, 2.45) is 0 Å². The molecule has 0 aromatic heterocycles. The summed E-state index contributed by atoms with van der Waals surface area (Å²) >= 11 is 3.44. The third-order valence-electron chi connectivity index (χ3n) is 2.89. The van der Waals surface area contributed by atoms with Gasteiger partial charge in [-0.1, -0.05) is 22.9 Å². The lowest BCUT2D eigenvalue weighted by Crippen LogP contribution is -2.16. The summed E-state index contributed by atoms with van der Waals surface area (Å²) in [6.45, 7) is 1.86. The average molecular weight is 303 g/mol. The van der Waals surface area contributed by atoms with Crippen molar-refractivity contribution >= 4 is 15.9 Å². The van der Waals surface area contributed by atoms with Crippen molar-refractivity contribution in [3.05, 3.63) is 28.2 Å². The first-order valence-electron chi connectivity index (χ1n) is 5.74. The Kier molecular flexibility index (Phi) is 5.95. The molecule has 4 heteroatoms. The van der Waals surface area contributed by atoms with Gasteiger partial charge in [-0.2, -0.15) is 0 Å². The molecule has 1 aromatic rings. The number of aliphatic hydroxyl groups is 2. The van der Waals surface area contributed by atoms with E-state index >= 15 is 0 Å². The van der Waals surface area contributed by atoms with Gasteiger partial charge in [-0.05, 0) is 42.5 Å². The Morgan fingerprint density at radius 3 is 2.65 bits per heavy atom. The van der Waals surface area contributed by atoms with Crippen LogP contribution in [-0.4, -0.2) is 30.0 Å². The summed E-state index contributed by atoms with van der Waals surface area (Å²) in [6, 6.07) is 5.85. The monoisotopic (exact) mass is 302 g/mol. The second-order valence-corrected chi connectivity index (χ2v) is 4.98. The van der Waals surface area contributed by atoms with Crippen LogP contribution in [0.4, 0.5) is 0 Å². The third kappa shape index (κ3) is 3.98. The summed E-state index contributed by atoms with van der Waals surface area (Å²) in [7, 11) is 1.64. The zero-order chi connectivity index (χ0) is 12.8. The van der Waals surface area contributed by atoms with E-state index in [0.717, 1.165) is 22.2 Å². The van der Waals surface area contributed by atoms with Gasteiger partial charge in [-0.25, -0.2) is 0 Å². The fraction of sp³-hybridized carbons (Fsp3) is 0.538. The summed E-state index contributed by atoms with van der Waals surface area (Å²) in [4.78, 5) is 0.